The molecule has 5 nitrogen and oxygen atoms in total. The van der Waals surface area contributed by atoms with Gasteiger partial charge in [-0.2, -0.15) is 13.1 Å². The monoisotopic (exact) mass is 261 g/mol. The summed E-state index contributed by atoms with van der Waals surface area (Å²) in [7, 11) is -3.76. The maximum Gasteiger partial charge on any atom is 0.299 e. The molecule has 0 unspecified atom stereocenters. The Hall–Kier alpha value is -1.34. The van der Waals surface area contributed by atoms with Crippen molar-refractivity contribution in [3.63, 3.8) is 0 Å². The number of halogens is 1. The topological polar surface area (TPSA) is 84.2 Å². The summed E-state index contributed by atoms with van der Waals surface area (Å²) in [4.78, 5) is 0. The number of hydrogen-bond acceptors (Lipinski definition) is 3. The second kappa shape index (κ2) is 5.33. The third-order valence-electron chi connectivity index (χ3n) is 1.92. The summed E-state index contributed by atoms with van der Waals surface area (Å²) in [5, 5.41) is 0. The first-order chi connectivity index (χ1) is 7.80. The van der Waals surface area contributed by atoms with Gasteiger partial charge >= 0.3 is 0 Å². The highest BCUT2D eigenvalue weighted by molar-refractivity contribution is 7.90. The smallest absolute Gasteiger partial charge is 0.299 e. The quantitative estimate of drug-likeness (QED) is 0.699. The Morgan fingerprint density at radius 2 is 2.06 bits per heavy atom. The zero-order chi connectivity index (χ0) is 13.1. The van der Waals surface area contributed by atoms with Gasteiger partial charge in [-0.05, 0) is 24.1 Å². The largest absolute Gasteiger partial charge is 0.399 e. The highest BCUT2D eigenvalue weighted by Crippen LogP contribution is 2.18. The van der Waals surface area contributed by atoms with Crippen LogP contribution in [-0.2, 0) is 10.2 Å². The van der Waals surface area contributed by atoms with E-state index in [1.165, 1.54) is 12.1 Å². The molecule has 0 amide bonds. The van der Waals surface area contributed by atoms with Gasteiger partial charge in [0.2, 0.25) is 0 Å². The van der Waals surface area contributed by atoms with Crippen LogP contribution >= 0.6 is 0 Å². The molecule has 4 N–H and O–H groups in total. The van der Waals surface area contributed by atoms with E-state index in [-0.39, 0.29) is 23.8 Å². The van der Waals surface area contributed by atoms with Crippen molar-refractivity contribution in [3.8, 4) is 0 Å². The molecular weight excluding hydrogens is 245 g/mol. The van der Waals surface area contributed by atoms with Gasteiger partial charge in [0.05, 0.1) is 5.69 Å². The molecule has 0 aromatic heterocycles. The number of anilines is 2. The minimum Gasteiger partial charge on any atom is -0.399 e. The molecule has 0 atom stereocenters. The van der Waals surface area contributed by atoms with Crippen LogP contribution in [0.15, 0.2) is 18.2 Å². The van der Waals surface area contributed by atoms with Crippen molar-refractivity contribution in [3.05, 3.63) is 24.0 Å². The van der Waals surface area contributed by atoms with Crippen LogP contribution in [0.5, 0.6) is 0 Å². The van der Waals surface area contributed by atoms with Crippen LogP contribution in [-0.4, -0.2) is 15.0 Å². The van der Waals surface area contributed by atoms with E-state index < -0.39 is 16.0 Å². The normalized spacial score (nSPS) is 11.8. The predicted octanol–water partition coefficient (Wildman–Crippen LogP) is 1.31. The third kappa shape index (κ3) is 4.58. The minimum absolute atomic E-state index is 0.164. The lowest BCUT2D eigenvalue weighted by Crippen LogP contribution is -2.33. The van der Waals surface area contributed by atoms with Crippen LogP contribution in [0.2, 0.25) is 0 Å². The van der Waals surface area contributed by atoms with Crippen LogP contribution in [0.1, 0.15) is 13.8 Å². The summed E-state index contributed by atoms with van der Waals surface area (Å²) >= 11 is 0. The number of hydrogen-bond donors (Lipinski definition) is 3. The van der Waals surface area contributed by atoms with Gasteiger partial charge in [-0.3, -0.25) is 4.72 Å². The van der Waals surface area contributed by atoms with E-state index in [9.17, 15) is 12.8 Å². The Balaban J connectivity index is 2.79. The second-order valence-electron chi connectivity index (χ2n) is 4.09. The molecule has 0 spiro atoms. The highest BCUT2D eigenvalue weighted by Gasteiger charge is 2.13. The fraction of sp³-hybridized carbons (Fsp3) is 0.400. The number of nitrogens with two attached hydrogens (primary N) is 1. The van der Waals surface area contributed by atoms with Gasteiger partial charge in [0, 0.05) is 12.2 Å². The molecule has 0 aliphatic carbocycles. The van der Waals surface area contributed by atoms with Gasteiger partial charge in [-0.25, -0.2) is 4.39 Å². The molecule has 1 aromatic carbocycles. The van der Waals surface area contributed by atoms with Crippen LogP contribution in [0.4, 0.5) is 15.8 Å². The second-order valence-corrected chi connectivity index (χ2v) is 5.59. The van der Waals surface area contributed by atoms with E-state index in [1.54, 1.807) is 0 Å². The molecule has 0 aliphatic heterocycles. The molecule has 0 aliphatic rings. The lowest BCUT2D eigenvalue weighted by atomic mass is 10.2. The maximum atomic E-state index is 13.3. The van der Waals surface area contributed by atoms with E-state index in [0.29, 0.717) is 0 Å². The summed E-state index contributed by atoms with van der Waals surface area (Å²) in [6.07, 6.45) is 0. The molecule has 96 valence electrons. The third-order valence-corrected chi connectivity index (χ3v) is 2.95. The molecule has 0 fully saturated rings. The molecule has 1 aromatic rings. The van der Waals surface area contributed by atoms with Crippen LogP contribution < -0.4 is 15.2 Å². The highest BCUT2D eigenvalue weighted by atomic mass is 32.2. The summed E-state index contributed by atoms with van der Waals surface area (Å²) in [6.45, 7) is 4.01. The van der Waals surface area contributed by atoms with Crippen molar-refractivity contribution < 1.29 is 12.8 Å². The van der Waals surface area contributed by atoms with Gasteiger partial charge in [0.15, 0.2) is 0 Å². The van der Waals surface area contributed by atoms with Gasteiger partial charge in [0.1, 0.15) is 5.82 Å². The summed E-state index contributed by atoms with van der Waals surface area (Å²) in [6, 6.07) is 3.69. The number of nitrogen functional groups attached to an aromatic ring is 1. The SMILES string of the molecule is CC(C)CNS(=O)(=O)Nc1cc(N)ccc1F. The van der Waals surface area contributed by atoms with E-state index in [0.717, 1.165) is 6.07 Å². The van der Waals surface area contributed by atoms with Gasteiger partial charge in [-0.15, -0.1) is 0 Å². The van der Waals surface area contributed by atoms with E-state index in [1.807, 2.05) is 13.8 Å². The van der Waals surface area contributed by atoms with E-state index in [4.69, 9.17) is 5.73 Å². The fourth-order valence-corrected chi connectivity index (χ4v) is 2.15. The first kappa shape index (κ1) is 13.7. The standard InChI is InChI=1S/C10H16FN3O2S/c1-7(2)6-13-17(15,16)14-10-5-8(12)3-4-9(10)11/h3-5,7,13-14H,6,12H2,1-2H3. The Morgan fingerprint density at radius 3 is 2.65 bits per heavy atom. The lowest BCUT2D eigenvalue weighted by molar-refractivity contribution is 0.563. The Kier molecular flexibility index (Phi) is 4.30. The predicted molar refractivity (Wildman–Crippen MR) is 66.2 cm³/mol. The molecule has 0 heterocycles. The number of nitrogens with one attached hydrogen (secondary N) is 2. The molecule has 7 heteroatoms. The van der Waals surface area contributed by atoms with Gasteiger partial charge in [0.25, 0.3) is 10.2 Å². The minimum atomic E-state index is -3.76. The van der Waals surface area contributed by atoms with Crippen molar-refractivity contribution in [2.24, 2.45) is 5.92 Å². The molecular formula is C10H16FN3O2S. The molecule has 0 saturated heterocycles. The Labute approximate surface area is 100 Å². The Bertz CT molecular complexity index is 488. The number of rotatable bonds is 5. The Morgan fingerprint density at radius 1 is 1.41 bits per heavy atom. The van der Waals surface area contributed by atoms with Crippen molar-refractivity contribution in [1.29, 1.82) is 0 Å². The zero-order valence-electron chi connectivity index (χ0n) is 9.70. The molecule has 0 radical (unpaired) electrons. The van der Waals surface area contributed by atoms with E-state index in [2.05, 4.69) is 9.44 Å². The van der Waals surface area contributed by atoms with Crippen molar-refractivity contribution >= 4 is 21.6 Å². The summed E-state index contributed by atoms with van der Waals surface area (Å²) < 4.78 is 40.8. The lowest BCUT2D eigenvalue weighted by Gasteiger charge is -2.11. The molecule has 0 bridgehead atoms. The number of benzene rings is 1. The maximum absolute atomic E-state index is 13.3. The first-order valence-electron chi connectivity index (χ1n) is 5.12. The van der Waals surface area contributed by atoms with Gasteiger partial charge < -0.3 is 5.73 Å². The molecule has 17 heavy (non-hydrogen) atoms. The van der Waals surface area contributed by atoms with Crippen LogP contribution in [0.25, 0.3) is 0 Å². The average molecular weight is 261 g/mol. The van der Waals surface area contributed by atoms with Crippen molar-refractivity contribution in [2.75, 3.05) is 17.0 Å². The van der Waals surface area contributed by atoms with Crippen LogP contribution in [0.3, 0.4) is 0 Å². The summed E-state index contributed by atoms with van der Waals surface area (Å²) in [5.41, 5.74) is 5.57. The van der Waals surface area contributed by atoms with Crippen LogP contribution in [0, 0.1) is 11.7 Å². The molecule has 0 saturated carbocycles. The average Bonchev–Trinajstić information content (AvgIpc) is 2.20. The summed E-state index contributed by atoms with van der Waals surface area (Å²) in [5.74, 6) is -0.508. The van der Waals surface area contributed by atoms with E-state index >= 15 is 0 Å². The molecule has 1 rings (SSSR count). The van der Waals surface area contributed by atoms with Crippen molar-refractivity contribution in [2.45, 2.75) is 13.8 Å². The van der Waals surface area contributed by atoms with Crippen molar-refractivity contribution in [1.82, 2.24) is 4.72 Å². The zero-order valence-corrected chi connectivity index (χ0v) is 10.5. The first-order valence-corrected chi connectivity index (χ1v) is 6.61. The fourth-order valence-electron chi connectivity index (χ4n) is 1.08. The van der Waals surface area contributed by atoms with Gasteiger partial charge in [-0.1, -0.05) is 13.8 Å².